The van der Waals surface area contributed by atoms with Crippen molar-refractivity contribution in [3.63, 3.8) is 0 Å². The van der Waals surface area contributed by atoms with Gasteiger partial charge in [0.25, 0.3) is 0 Å². The van der Waals surface area contributed by atoms with Crippen molar-refractivity contribution in [1.82, 2.24) is 0 Å². The fourth-order valence-corrected chi connectivity index (χ4v) is 10.1. The average Bonchev–Trinajstić information content (AvgIpc) is 3.31. The van der Waals surface area contributed by atoms with E-state index in [0.717, 1.165) is 51.4 Å². The molecule has 0 aromatic rings. The number of hydrogen-bond acceptors (Lipinski definition) is 8. The Labute approximate surface area is 423 Å². The summed E-state index contributed by atoms with van der Waals surface area (Å²) < 4.78 is 0. The van der Waals surface area contributed by atoms with Crippen LogP contribution in [-0.2, 0) is 39.2 Å². The number of carbonyl (C=O) groups excluding carboxylic acids is 2. The second-order valence-electron chi connectivity index (χ2n) is 22.2. The van der Waals surface area contributed by atoms with Gasteiger partial charge >= 0.3 is 11.9 Å². The number of hydrogen-bond donors (Lipinski definition) is 0. The predicted molar refractivity (Wildman–Crippen MR) is 287 cm³/mol. The van der Waals surface area contributed by atoms with Gasteiger partial charge in [0.2, 0.25) is 0 Å². The summed E-state index contributed by atoms with van der Waals surface area (Å²) in [5.74, 6) is -2.32. The van der Waals surface area contributed by atoms with Gasteiger partial charge in [0.15, 0.2) is 0 Å². The zero-order valence-electron chi connectivity index (χ0n) is 46.9. The molecule has 0 fully saturated rings. The summed E-state index contributed by atoms with van der Waals surface area (Å²) >= 11 is 0. The lowest BCUT2D eigenvalue weighted by Gasteiger charge is -2.32. The van der Waals surface area contributed by atoms with E-state index < -0.39 is 23.1 Å². The van der Waals surface area contributed by atoms with Crippen molar-refractivity contribution in [1.29, 1.82) is 0 Å². The first kappa shape index (κ1) is 66.8. The molecule has 0 heterocycles. The third kappa shape index (κ3) is 42.5. The molecule has 0 aromatic heterocycles. The topological polar surface area (TPSA) is 89.5 Å². The standard InChI is InChI=1S/C60H118O8/c1-9-13-15-17-19-21-23-25-27-29-31-33-35-37-39-41-43-45-47-49-53-55(51-11-3)59(5,6)65-67-63-57(61)58(62)64-68-66-60(7,8)56(52-12-4)54-50-48-46-44-42-40-38-36-34-32-30-28-26-24-22-20-18-16-14-10-2/h55-56H,9-54H2,1-8H3. The van der Waals surface area contributed by atoms with Gasteiger partial charge in [-0.05, 0) is 75.3 Å². The minimum atomic E-state index is -1.38. The summed E-state index contributed by atoms with van der Waals surface area (Å²) in [5, 5.41) is 9.71. The van der Waals surface area contributed by atoms with E-state index in [-0.39, 0.29) is 11.8 Å². The molecule has 0 aromatic carbocycles. The van der Waals surface area contributed by atoms with Crippen LogP contribution in [0.4, 0.5) is 0 Å². The third-order valence-corrected chi connectivity index (χ3v) is 14.9. The summed E-state index contributed by atoms with van der Waals surface area (Å²) in [6.45, 7) is 16.6. The monoisotopic (exact) mass is 967 g/mol. The van der Waals surface area contributed by atoms with Gasteiger partial charge in [0.1, 0.15) is 11.2 Å². The van der Waals surface area contributed by atoms with Crippen molar-refractivity contribution in [3.05, 3.63) is 0 Å². The lowest BCUT2D eigenvalue weighted by atomic mass is 9.83. The van der Waals surface area contributed by atoms with Gasteiger partial charge in [-0.1, -0.05) is 297 Å². The Balaban J connectivity index is 4.06. The summed E-state index contributed by atoms with van der Waals surface area (Å²) in [4.78, 5) is 45.2. The molecule has 0 aliphatic heterocycles. The first-order valence-electron chi connectivity index (χ1n) is 30.2. The van der Waals surface area contributed by atoms with E-state index in [0.29, 0.717) is 0 Å². The fraction of sp³-hybridized carbons (Fsp3) is 0.967. The highest BCUT2D eigenvalue weighted by Gasteiger charge is 2.34. The van der Waals surface area contributed by atoms with Gasteiger partial charge in [0.05, 0.1) is 0 Å². The molecule has 2 atom stereocenters. The quantitative estimate of drug-likeness (QED) is 0.0258. The highest BCUT2D eigenvalue weighted by molar-refractivity contribution is 6.29. The van der Waals surface area contributed by atoms with Gasteiger partial charge in [-0.15, -0.1) is 0 Å². The van der Waals surface area contributed by atoms with Crippen molar-refractivity contribution in [3.8, 4) is 0 Å². The van der Waals surface area contributed by atoms with Gasteiger partial charge < -0.3 is 0 Å². The van der Waals surface area contributed by atoms with Crippen LogP contribution in [0.2, 0.25) is 0 Å². The lowest BCUT2D eigenvalue weighted by Crippen LogP contribution is -2.36. The van der Waals surface area contributed by atoms with Crippen molar-refractivity contribution >= 4 is 11.9 Å². The van der Waals surface area contributed by atoms with Crippen LogP contribution in [0.1, 0.15) is 351 Å². The SMILES string of the molecule is CCCCCCCCCCCCCCCCCCCCCCC(CCC)C(C)(C)OOOC(=O)C(=O)OOOC(C)(C)C(CCC)CCCCCCCCCCCCCCCCCCCCCC. The van der Waals surface area contributed by atoms with Gasteiger partial charge in [-0.2, -0.15) is 9.78 Å². The van der Waals surface area contributed by atoms with Crippen LogP contribution in [0.5, 0.6) is 0 Å². The third-order valence-electron chi connectivity index (χ3n) is 14.9. The second-order valence-corrected chi connectivity index (χ2v) is 22.2. The molecule has 0 N–H and O–H groups in total. The minimum Gasteiger partial charge on any atom is -0.255 e. The van der Waals surface area contributed by atoms with Crippen molar-refractivity contribution in [2.24, 2.45) is 11.8 Å². The highest BCUT2D eigenvalue weighted by atomic mass is 17.5. The molecule has 0 aliphatic carbocycles. The molecule has 0 rings (SSSR count). The first-order chi connectivity index (χ1) is 33.1. The van der Waals surface area contributed by atoms with Crippen LogP contribution in [-0.4, -0.2) is 23.1 Å². The van der Waals surface area contributed by atoms with E-state index in [9.17, 15) is 9.59 Å². The molecule has 0 bridgehead atoms. The van der Waals surface area contributed by atoms with Gasteiger partial charge in [0, 0.05) is 0 Å². The molecule has 0 radical (unpaired) electrons. The van der Waals surface area contributed by atoms with Crippen LogP contribution in [0.3, 0.4) is 0 Å². The molecule has 0 saturated carbocycles. The van der Waals surface area contributed by atoms with Crippen molar-refractivity contribution in [2.45, 2.75) is 362 Å². The Morgan fingerprint density at radius 2 is 0.471 bits per heavy atom. The van der Waals surface area contributed by atoms with E-state index in [1.54, 1.807) is 0 Å². The molecular formula is C60H118O8. The fourth-order valence-electron chi connectivity index (χ4n) is 10.1. The number of rotatable bonds is 54. The maximum Gasteiger partial charge on any atom is 0.456 e. The largest absolute Gasteiger partial charge is 0.456 e. The van der Waals surface area contributed by atoms with Crippen LogP contribution in [0.25, 0.3) is 0 Å². The van der Waals surface area contributed by atoms with Crippen LogP contribution in [0, 0.1) is 11.8 Å². The maximum absolute atomic E-state index is 12.3. The summed E-state index contributed by atoms with van der Waals surface area (Å²) in [5.41, 5.74) is -1.42. The summed E-state index contributed by atoms with van der Waals surface area (Å²) in [7, 11) is 0. The van der Waals surface area contributed by atoms with Gasteiger partial charge in [-0.25, -0.2) is 9.59 Å². The molecule has 8 heteroatoms. The van der Waals surface area contributed by atoms with E-state index in [2.05, 4.69) is 37.5 Å². The summed E-state index contributed by atoms with van der Waals surface area (Å²) in [6.07, 6.45) is 60.7. The molecule has 0 spiro atoms. The smallest absolute Gasteiger partial charge is 0.255 e. The minimum absolute atomic E-state index is 0.215. The van der Waals surface area contributed by atoms with E-state index in [1.807, 2.05) is 27.7 Å². The van der Waals surface area contributed by atoms with Crippen LogP contribution in [0.15, 0.2) is 0 Å². The van der Waals surface area contributed by atoms with Crippen molar-refractivity contribution in [2.75, 3.05) is 0 Å². The van der Waals surface area contributed by atoms with E-state index >= 15 is 0 Å². The van der Waals surface area contributed by atoms with E-state index in [1.165, 1.54) is 244 Å². The Hall–Kier alpha value is -1.22. The highest BCUT2D eigenvalue weighted by Crippen LogP contribution is 2.33. The Kier molecular flexibility index (Phi) is 48.5. The molecule has 2 unspecified atom stereocenters. The van der Waals surface area contributed by atoms with Gasteiger partial charge in [-0.3, -0.25) is 9.78 Å². The zero-order valence-corrected chi connectivity index (χ0v) is 46.9. The molecule has 406 valence electrons. The van der Waals surface area contributed by atoms with Crippen LogP contribution >= 0.6 is 0 Å². The Bertz CT molecular complexity index is 980. The molecule has 68 heavy (non-hydrogen) atoms. The van der Waals surface area contributed by atoms with Crippen molar-refractivity contribution < 1.29 is 39.2 Å². The van der Waals surface area contributed by atoms with Crippen LogP contribution < -0.4 is 0 Å². The average molecular weight is 968 g/mol. The molecule has 0 saturated heterocycles. The van der Waals surface area contributed by atoms with E-state index in [4.69, 9.17) is 19.9 Å². The Morgan fingerprint density at radius 1 is 0.279 bits per heavy atom. The number of unbranched alkanes of at least 4 members (excludes halogenated alkanes) is 38. The Morgan fingerprint density at radius 3 is 0.662 bits per heavy atom. The second kappa shape index (κ2) is 49.4. The molecule has 0 aliphatic rings. The first-order valence-corrected chi connectivity index (χ1v) is 30.2. The lowest BCUT2D eigenvalue weighted by molar-refractivity contribution is -0.530. The zero-order chi connectivity index (χ0) is 50.1. The number of carbonyl (C=O) groups is 2. The normalized spacial score (nSPS) is 13.0. The molecule has 8 nitrogen and oxygen atoms in total. The summed E-state index contributed by atoms with van der Waals surface area (Å²) in [6, 6.07) is 0. The predicted octanol–water partition coefficient (Wildman–Crippen LogP) is 20.6. The molecule has 0 amide bonds. The molecular weight excluding hydrogens is 849 g/mol. The maximum atomic E-state index is 12.3.